The minimum absolute atomic E-state index is 0.0146. The van der Waals surface area contributed by atoms with Gasteiger partial charge in [-0.05, 0) is 19.1 Å². The number of alkyl halides is 3. The Bertz CT molecular complexity index is 827. The van der Waals surface area contributed by atoms with E-state index in [9.17, 15) is 13.2 Å². The number of nitrogens with zero attached hydrogens (tertiary/aromatic N) is 5. The summed E-state index contributed by atoms with van der Waals surface area (Å²) < 4.78 is 40.5. The molecule has 0 unspecified atom stereocenters. The third-order valence-corrected chi connectivity index (χ3v) is 3.25. The molecule has 9 heteroatoms. The van der Waals surface area contributed by atoms with E-state index in [1.54, 1.807) is 6.92 Å². The fraction of sp³-hybridized carbons (Fsp3) is 0.167. The highest BCUT2D eigenvalue weighted by Gasteiger charge is 2.35. The van der Waals surface area contributed by atoms with E-state index in [1.165, 1.54) is 23.1 Å². The van der Waals surface area contributed by atoms with Gasteiger partial charge in [0.2, 0.25) is 0 Å². The van der Waals surface area contributed by atoms with Gasteiger partial charge in [0.15, 0.2) is 0 Å². The summed E-state index contributed by atoms with van der Waals surface area (Å²) in [6.45, 7) is 1.55. The Labute approximate surface area is 121 Å². The van der Waals surface area contributed by atoms with Gasteiger partial charge >= 0.3 is 6.18 Å². The molecule has 0 radical (unpaired) electrons. The molecule has 0 N–H and O–H groups in total. The van der Waals surface area contributed by atoms with Crippen LogP contribution < -0.4 is 0 Å². The molecular formula is C12H7ClF3N5. The van der Waals surface area contributed by atoms with Crippen LogP contribution in [0.1, 0.15) is 11.3 Å². The second-order valence-corrected chi connectivity index (χ2v) is 4.59. The summed E-state index contributed by atoms with van der Waals surface area (Å²) in [5.41, 5.74) is -0.777. The SMILES string of the molecule is Cc1nc2ncnn2c(Cl)c1-c1ncccc1C(F)(F)F. The zero-order valence-corrected chi connectivity index (χ0v) is 11.3. The third kappa shape index (κ3) is 2.21. The minimum atomic E-state index is -4.54. The van der Waals surface area contributed by atoms with Gasteiger partial charge in [-0.1, -0.05) is 11.6 Å². The predicted molar refractivity (Wildman–Crippen MR) is 68.8 cm³/mol. The molecule has 0 aliphatic heterocycles. The summed E-state index contributed by atoms with van der Waals surface area (Å²) in [5.74, 6) is 0.214. The van der Waals surface area contributed by atoms with Crippen LogP contribution in [0.5, 0.6) is 0 Å². The standard InChI is InChI=1S/C12H7ClF3N5/c1-6-8(10(13)21-11(20-6)18-5-19-21)9-7(12(14,15)16)3-2-4-17-9/h2-5H,1H3. The van der Waals surface area contributed by atoms with Crippen LogP contribution in [0.15, 0.2) is 24.7 Å². The second kappa shape index (κ2) is 4.66. The van der Waals surface area contributed by atoms with Gasteiger partial charge in [0.1, 0.15) is 11.5 Å². The Morgan fingerprint density at radius 3 is 2.71 bits per heavy atom. The van der Waals surface area contributed by atoms with E-state index in [-0.39, 0.29) is 22.2 Å². The molecule has 0 spiro atoms. The first-order valence-corrected chi connectivity index (χ1v) is 6.16. The Morgan fingerprint density at radius 2 is 2.00 bits per heavy atom. The molecule has 0 fully saturated rings. The lowest BCUT2D eigenvalue weighted by atomic mass is 10.1. The molecule has 3 heterocycles. The Kier molecular flexibility index (Phi) is 3.05. The van der Waals surface area contributed by atoms with Gasteiger partial charge in [-0.15, -0.1) is 0 Å². The number of halogens is 4. The van der Waals surface area contributed by atoms with Gasteiger partial charge in [-0.3, -0.25) is 4.98 Å². The van der Waals surface area contributed by atoms with Crippen LogP contribution in [0.25, 0.3) is 17.0 Å². The van der Waals surface area contributed by atoms with E-state index in [4.69, 9.17) is 11.6 Å². The highest BCUT2D eigenvalue weighted by atomic mass is 35.5. The number of pyridine rings is 1. The first-order valence-electron chi connectivity index (χ1n) is 5.78. The van der Waals surface area contributed by atoms with Crippen molar-refractivity contribution in [2.24, 2.45) is 0 Å². The summed E-state index contributed by atoms with van der Waals surface area (Å²) in [6.07, 6.45) is -2.05. The van der Waals surface area contributed by atoms with E-state index in [0.29, 0.717) is 5.69 Å². The number of rotatable bonds is 1. The van der Waals surface area contributed by atoms with E-state index >= 15 is 0 Å². The number of hydrogen-bond donors (Lipinski definition) is 0. The zero-order valence-electron chi connectivity index (χ0n) is 10.6. The molecule has 3 aromatic rings. The fourth-order valence-electron chi connectivity index (χ4n) is 2.01. The van der Waals surface area contributed by atoms with Crippen molar-refractivity contribution in [3.8, 4) is 11.3 Å². The van der Waals surface area contributed by atoms with Gasteiger partial charge in [0.25, 0.3) is 5.78 Å². The Balaban J connectivity index is 2.36. The molecule has 0 amide bonds. The van der Waals surface area contributed by atoms with Crippen LogP contribution >= 0.6 is 11.6 Å². The molecule has 0 atom stereocenters. The largest absolute Gasteiger partial charge is 0.418 e. The predicted octanol–water partition coefficient (Wildman–Crippen LogP) is 3.17. The molecule has 0 saturated heterocycles. The van der Waals surface area contributed by atoms with Crippen molar-refractivity contribution in [2.45, 2.75) is 13.1 Å². The van der Waals surface area contributed by atoms with Gasteiger partial charge in [-0.25, -0.2) is 4.98 Å². The molecule has 108 valence electrons. The summed E-state index contributed by atoms with van der Waals surface area (Å²) in [4.78, 5) is 11.8. The van der Waals surface area contributed by atoms with E-state index in [1.807, 2.05) is 0 Å². The quantitative estimate of drug-likeness (QED) is 0.648. The first kappa shape index (κ1) is 13.7. The summed E-state index contributed by atoms with van der Waals surface area (Å²) in [5, 5.41) is 3.82. The number of hydrogen-bond acceptors (Lipinski definition) is 4. The molecule has 0 aliphatic rings. The van der Waals surface area contributed by atoms with Crippen molar-refractivity contribution < 1.29 is 13.2 Å². The molecule has 5 nitrogen and oxygen atoms in total. The van der Waals surface area contributed by atoms with Crippen LogP contribution in [0.3, 0.4) is 0 Å². The molecule has 0 bridgehead atoms. The fourth-order valence-corrected chi connectivity index (χ4v) is 2.36. The lowest BCUT2D eigenvalue weighted by Gasteiger charge is -2.14. The Hall–Kier alpha value is -2.22. The maximum atomic E-state index is 13.1. The summed E-state index contributed by atoms with van der Waals surface area (Å²) in [6, 6.07) is 2.17. The van der Waals surface area contributed by atoms with Crippen molar-refractivity contribution in [3.63, 3.8) is 0 Å². The van der Waals surface area contributed by atoms with E-state index in [2.05, 4.69) is 20.1 Å². The summed E-state index contributed by atoms with van der Waals surface area (Å²) >= 11 is 6.16. The highest BCUT2D eigenvalue weighted by molar-refractivity contribution is 6.32. The van der Waals surface area contributed by atoms with Crippen molar-refractivity contribution in [1.29, 1.82) is 0 Å². The average Bonchev–Trinajstić information content (AvgIpc) is 2.86. The molecule has 21 heavy (non-hydrogen) atoms. The van der Waals surface area contributed by atoms with Crippen molar-refractivity contribution in [1.82, 2.24) is 24.6 Å². The van der Waals surface area contributed by atoms with Crippen molar-refractivity contribution >= 4 is 17.4 Å². The molecular weight excluding hydrogens is 307 g/mol. The second-order valence-electron chi connectivity index (χ2n) is 4.23. The number of aromatic nitrogens is 5. The zero-order chi connectivity index (χ0) is 15.2. The number of aryl methyl sites for hydroxylation is 1. The maximum Gasteiger partial charge on any atom is 0.418 e. The molecule has 0 aromatic carbocycles. The minimum Gasteiger partial charge on any atom is -0.255 e. The molecule has 3 aromatic heterocycles. The average molecular weight is 314 g/mol. The smallest absolute Gasteiger partial charge is 0.255 e. The lowest BCUT2D eigenvalue weighted by Crippen LogP contribution is -2.10. The van der Waals surface area contributed by atoms with Crippen LogP contribution in [-0.2, 0) is 6.18 Å². The van der Waals surface area contributed by atoms with Crippen LogP contribution in [-0.4, -0.2) is 24.6 Å². The van der Waals surface area contributed by atoms with Crippen molar-refractivity contribution in [2.75, 3.05) is 0 Å². The first-order chi connectivity index (χ1) is 9.89. The topological polar surface area (TPSA) is 56.0 Å². The highest BCUT2D eigenvalue weighted by Crippen LogP contribution is 2.38. The maximum absolute atomic E-state index is 13.1. The van der Waals surface area contributed by atoms with Crippen molar-refractivity contribution in [3.05, 3.63) is 41.1 Å². The third-order valence-electron chi connectivity index (χ3n) is 2.90. The normalized spacial score (nSPS) is 12.0. The van der Waals surface area contributed by atoms with Gasteiger partial charge < -0.3 is 0 Å². The van der Waals surface area contributed by atoms with Gasteiger partial charge in [-0.2, -0.15) is 27.8 Å². The number of fused-ring (bicyclic) bond motifs is 1. The van der Waals surface area contributed by atoms with E-state index in [0.717, 1.165) is 6.07 Å². The molecule has 3 rings (SSSR count). The lowest BCUT2D eigenvalue weighted by molar-refractivity contribution is -0.137. The van der Waals surface area contributed by atoms with Crippen LogP contribution in [0.4, 0.5) is 13.2 Å². The molecule has 0 aliphatic carbocycles. The van der Waals surface area contributed by atoms with Crippen LogP contribution in [0, 0.1) is 6.92 Å². The summed E-state index contributed by atoms with van der Waals surface area (Å²) in [7, 11) is 0. The van der Waals surface area contributed by atoms with Gasteiger partial charge in [0, 0.05) is 6.20 Å². The Morgan fingerprint density at radius 1 is 1.24 bits per heavy atom. The molecule has 0 saturated carbocycles. The monoisotopic (exact) mass is 313 g/mol. The van der Waals surface area contributed by atoms with Gasteiger partial charge in [0.05, 0.1) is 22.5 Å². The van der Waals surface area contributed by atoms with E-state index < -0.39 is 11.7 Å². The van der Waals surface area contributed by atoms with Crippen LogP contribution in [0.2, 0.25) is 5.15 Å².